The van der Waals surface area contributed by atoms with E-state index in [2.05, 4.69) is 0 Å². The number of halogens is 1. The van der Waals surface area contributed by atoms with Crippen molar-refractivity contribution in [3.8, 4) is 0 Å². The summed E-state index contributed by atoms with van der Waals surface area (Å²) in [5.74, 6) is -0.0285. The van der Waals surface area contributed by atoms with Gasteiger partial charge in [0, 0.05) is 17.0 Å². The minimum atomic E-state index is -0.0285. The molecule has 0 aliphatic heterocycles. The molecule has 2 N–H and O–H groups in total. The molecule has 0 aliphatic rings. The zero-order chi connectivity index (χ0) is 13.8. The molecule has 1 heterocycles. The van der Waals surface area contributed by atoms with Crippen molar-refractivity contribution in [1.29, 1.82) is 0 Å². The summed E-state index contributed by atoms with van der Waals surface area (Å²) in [6.45, 7) is 3.24. The van der Waals surface area contributed by atoms with Gasteiger partial charge in [-0.1, -0.05) is 17.7 Å². The van der Waals surface area contributed by atoms with Crippen LogP contribution < -0.4 is 5.73 Å². The number of amides is 1. The summed E-state index contributed by atoms with van der Waals surface area (Å²) in [7, 11) is 0. The van der Waals surface area contributed by atoms with Gasteiger partial charge in [0.2, 0.25) is 0 Å². The van der Waals surface area contributed by atoms with Gasteiger partial charge in [-0.15, -0.1) is 11.3 Å². The molecule has 0 atom stereocenters. The lowest BCUT2D eigenvalue weighted by Crippen LogP contribution is -2.30. The molecule has 0 saturated heterocycles. The number of thiophene rings is 1. The van der Waals surface area contributed by atoms with Crippen LogP contribution in [0.25, 0.3) is 0 Å². The second-order valence-corrected chi connectivity index (χ2v) is 5.57. The highest BCUT2D eigenvalue weighted by atomic mass is 35.5. The van der Waals surface area contributed by atoms with E-state index in [1.54, 1.807) is 34.4 Å². The van der Waals surface area contributed by atoms with Crippen LogP contribution in [0.3, 0.4) is 0 Å². The number of anilines is 1. The van der Waals surface area contributed by atoms with E-state index < -0.39 is 0 Å². The quantitative estimate of drug-likeness (QED) is 0.875. The first-order chi connectivity index (χ1) is 9.11. The average Bonchev–Trinajstić information content (AvgIpc) is 2.91. The first-order valence-corrected chi connectivity index (χ1v) is 7.24. The maximum Gasteiger partial charge on any atom is 0.254 e. The number of benzene rings is 1. The number of nitrogens with zero attached hydrogens (tertiary/aromatic N) is 1. The van der Waals surface area contributed by atoms with Crippen LogP contribution in [0.5, 0.6) is 0 Å². The SMILES string of the molecule is CCN(Cc1cccs1)C(=O)c1ccc(Cl)c(N)c1. The molecule has 2 rings (SSSR count). The van der Waals surface area contributed by atoms with Crippen LogP contribution in [0.2, 0.25) is 5.02 Å². The number of rotatable bonds is 4. The Bertz CT molecular complexity index is 569. The fourth-order valence-electron chi connectivity index (χ4n) is 1.78. The van der Waals surface area contributed by atoms with Crippen molar-refractivity contribution in [3.63, 3.8) is 0 Å². The van der Waals surface area contributed by atoms with Crippen LogP contribution in [0.1, 0.15) is 22.2 Å². The minimum absolute atomic E-state index is 0.0285. The maximum absolute atomic E-state index is 12.4. The highest BCUT2D eigenvalue weighted by Gasteiger charge is 2.15. The van der Waals surface area contributed by atoms with E-state index in [0.29, 0.717) is 29.4 Å². The molecule has 0 bridgehead atoms. The Morgan fingerprint density at radius 2 is 2.21 bits per heavy atom. The number of nitrogen functional groups attached to an aromatic ring is 1. The largest absolute Gasteiger partial charge is 0.398 e. The minimum Gasteiger partial charge on any atom is -0.398 e. The Balaban J connectivity index is 2.18. The predicted octanol–water partition coefficient (Wildman–Crippen LogP) is 3.65. The van der Waals surface area contributed by atoms with Gasteiger partial charge in [-0.3, -0.25) is 4.79 Å². The summed E-state index contributed by atoms with van der Waals surface area (Å²) >= 11 is 7.51. The molecule has 1 aromatic carbocycles. The van der Waals surface area contributed by atoms with Crippen LogP contribution in [0.15, 0.2) is 35.7 Å². The van der Waals surface area contributed by atoms with Crippen LogP contribution in [-0.2, 0) is 6.54 Å². The van der Waals surface area contributed by atoms with E-state index in [4.69, 9.17) is 17.3 Å². The third-order valence-electron chi connectivity index (χ3n) is 2.84. The smallest absolute Gasteiger partial charge is 0.254 e. The van der Waals surface area contributed by atoms with Crippen LogP contribution >= 0.6 is 22.9 Å². The van der Waals surface area contributed by atoms with Gasteiger partial charge < -0.3 is 10.6 Å². The molecular formula is C14H15ClN2OS. The van der Waals surface area contributed by atoms with E-state index in [1.165, 1.54) is 0 Å². The highest BCUT2D eigenvalue weighted by Crippen LogP contribution is 2.21. The van der Waals surface area contributed by atoms with Crippen molar-refractivity contribution in [2.24, 2.45) is 0 Å². The summed E-state index contributed by atoms with van der Waals surface area (Å²) < 4.78 is 0. The van der Waals surface area contributed by atoms with Gasteiger partial charge >= 0.3 is 0 Å². The summed E-state index contributed by atoms with van der Waals surface area (Å²) in [5, 5.41) is 2.48. The van der Waals surface area contributed by atoms with Gasteiger partial charge in [-0.05, 0) is 36.6 Å². The van der Waals surface area contributed by atoms with Crippen molar-refractivity contribution in [2.75, 3.05) is 12.3 Å². The lowest BCUT2D eigenvalue weighted by atomic mass is 10.1. The Labute approximate surface area is 121 Å². The Hall–Kier alpha value is -1.52. The maximum atomic E-state index is 12.4. The summed E-state index contributed by atoms with van der Waals surface area (Å²) in [6.07, 6.45) is 0. The molecule has 3 nitrogen and oxygen atoms in total. The zero-order valence-electron chi connectivity index (χ0n) is 10.6. The number of hydrogen-bond donors (Lipinski definition) is 1. The second-order valence-electron chi connectivity index (χ2n) is 4.13. The fraction of sp³-hybridized carbons (Fsp3) is 0.214. The van der Waals surface area contributed by atoms with Crippen molar-refractivity contribution in [2.45, 2.75) is 13.5 Å². The molecule has 0 fully saturated rings. The normalized spacial score (nSPS) is 10.4. The number of carbonyl (C=O) groups excluding carboxylic acids is 1. The van der Waals surface area contributed by atoms with Crippen LogP contribution in [0, 0.1) is 0 Å². The monoisotopic (exact) mass is 294 g/mol. The second kappa shape index (κ2) is 6.08. The lowest BCUT2D eigenvalue weighted by molar-refractivity contribution is 0.0754. The van der Waals surface area contributed by atoms with Crippen molar-refractivity contribution < 1.29 is 4.79 Å². The van der Waals surface area contributed by atoms with Gasteiger partial charge in [-0.25, -0.2) is 0 Å². The number of hydrogen-bond acceptors (Lipinski definition) is 3. The topological polar surface area (TPSA) is 46.3 Å². The third-order valence-corrected chi connectivity index (χ3v) is 4.04. The third kappa shape index (κ3) is 3.28. The summed E-state index contributed by atoms with van der Waals surface area (Å²) in [4.78, 5) is 15.3. The molecule has 0 unspecified atom stereocenters. The van der Waals surface area contributed by atoms with E-state index in [1.807, 2.05) is 24.4 Å². The molecule has 5 heteroatoms. The van der Waals surface area contributed by atoms with Crippen LogP contribution in [0.4, 0.5) is 5.69 Å². The van der Waals surface area contributed by atoms with Gasteiger partial charge in [-0.2, -0.15) is 0 Å². The molecule has 1 aromatic heterocycles. The molecule has 0 aliphatic carbocycles. The van der Waals surface area contributed by atoms with Gasteiger partial charge in [0.1, 0.15) is 0 Å². The first kappa shape index (κ1) is 13.9. The number of carbonyl (C=O) groups is 1. The Morgan fingerprint density at radius 3 is 2.79 bits per heavy atom. The van der Waals surface area contributed by atoms with E-state index >= 15 is 0 Å². The molecular weight excluding hydrogens is 280 g/mol. The Kier molecular flexibility index (Phi) is 4.45. The molecule has 19 heavy (non-hydrogen) atoms. The number of nitrogens with two attached hydrogens (primary N) is 1. The van der Waals surface area contributed by atoms with Crippen LogP contribution in [-0.4, -0.2) is 17.4 Å². The Morgan fingerprint density at radius 1 is 1.42 bits per heavy atom. The lowest BCUT2D eigenvalue weighted by Gasteiger charge is -2.20. The average molecular weight is 295 g/mol. The molecule has 0 radical (unpaired) electrons. The summed E-state index contributed by atoms with van der Waals surface area (Å²) in [6, 6.07) is 9.00. The van der Waals surface area contributed by atoms with E-state index in [0.717, 1.165) is 4.88 Å². The predicted molar refractivity (Wildman–Crippen MR) is 80.6 cm³/mol. The van der Waals surface area contributed by atoms with Crippen molar-refractivity contribution in [3.05, 3.63) is 51.2 Å². The van der Waals surface area contributed by atoms with Crippen molar-refractivity contribution >= 4 is 34.5 Å². The first-order valence-electron chi connectivity index (χ1n) is 5.98. The summed E-state index contributed by atoms with van der Waals surface area (Å²) in [5.41, 5.74) is 6.74. The highest BCUT2D eigenvalue weighted by molar-refractivity contribution is 7.09. The van der Waals surface area contributed by atoms with E-state index in [-0.39, 0.29) is 5.91 Å². The van der Waals surface area contributed by atoms with E-state index in [9.17, 15) is 4.79 Å². The fourth-order valence-corrected chi connectivity index (χ4v) is 2.61. The molecule has 100 valence electrons. The zero-order valence-corrected chi connectivity index (χ0v) is 12.2. The molecule has 0 spiro atoms. The molecule has 0 saturated carbocycles. The van der Waals surface area contributed by atoms with Gasteiger partial charge in [0.25, 0.3) is 5.91 Å². The standard InChI is InChI=1S/C14H15ClN2OS/c1-2-17(9-11-4-3-7-19-11)14(18)10-5-6-12(15)13(16)8-10/h3-8H,2,9,16H2,1H3. The van der Waals surface area contributed by atoms with Gasteiger partial charge in [0.05, 0.1) is 17.3 Å². The van der Waals surface area contributed by atoms with Crippen molar-refractivity contribution in [1.82, 2.24) is 4.90 Å². The molecule has 2 aromatic rings. The van der Waals surface area contributed by atoms with Gasteiger partial charge in [0.15, 0.2) is 0 Å². The molecule has 1 amide bonds.